The van der Waals surface area contributed by atoms with Crippen LogP contribution in [0.5, 0.6) is 0 Å². The van der Waals surface area contributed by atoms with E-state index < -0.39 is 0 Å². The molecule has 1 saturated heterocycles. The standard InChI is InChI=1S/C11H12ClNO2/c12-10-5-8(7-14)1-2-9(10)11-6-13-3-4-15-11/h1-2,5,7,11,13H,3-4,6H2. The molecule has 1 fully saturated rings. The van der Waals surface area contributed by atoms with Crippen LogP contribution in [0.1, 0.15) is 22.0 Å². The van der Waals surface area contributed by atoms with Gasteiger partial charge in [0.05, 0.1) is 12.7 Å². The maximum atomic E-state index is 10.5. The lowest BCUT2D eigenvalue weighted by Crippen LogP contribution is -2.33. The molecule has 1 atom stereocenters. The van der Waals surface area contributed by atoms with Crippen molar-refractivity contribution in [2.45, 2.75) is 6.10 Å². The lowest BCUT2D eigenvalue weighted by Gasteiger charge is -2.24. The molecular formula is C11H12ClNO2. The normalized spacial score (nSPS) is 21.3. The first-order valence-corrected chi connectivity index (χ1v) is 5.26. The smallest absolute Gasteiger partial charge is 0.150 e. The molecule has 1 aliphatic heterocycles. The fourth-order valence-corrected chi connectivity index (χ4v) is 1.95. The third kappa shape index (κ3) is 2.37. The summed E-state index contributed by atoms with van der Waals surface area (Å²) in [5, 5.41) is 3.83. The van der Waals surface area contributed by atoms with Crippen LogP contribution >= 0.6 is 11.6 Å². The van der Waals surface area contributed by atoms with Crippen LogP contribution in [0.15, 0.2) is 18.2 Å². The Balaban J connectivity index is 2.23. The first kappa shape index (κ1) is 10.6. The van der Waals surface area contributed by atoms with Crippen LogP contribution in [0.4, 0.5) is 0 Å². The molecule has 0 radical (unpaired) electrons. The second kappa shape index (κ2) is 4.75. The maximum Gasteiger partial charge on any atom is 0.150 e. The number of carbonyl (C=O) groups excluding carboxylic acids is 1. The monoisotopic (exact) mass is 225 g/mol. The summed E-state index contributed by atoms with van der Waals surface area (Å²) < 4.78 is 5.58. The van der Waals surface area contributed by atoms with Crippen LogP contribution in [-0.4, -0.2) is 26.0 Å². The quantitative estimate of drug-likeness (QED) is 0.781. The average Bonchev–Trinajstić information content (AvgIpc) is 2.30. The van der Waals surface area contributed by atoms with Crippen LogP contribution in [0, 0.1) is 0 Å². The van der Waals surface area contributed by atoms with E-state index in [1.54, 1.807) is 12.1 Å². The van der Waals surface area contributed by atoms with Gasteiger partial charge in [0.2, 0.25) is 0 Å². The first-order valence-electron chi connectivity index (χ1n) is 4.88. The van der Waals surface area contributed by atoms with Gasteiger partial charge in [-0.05, 0) is 6.07 Å². The van der Waals surface area contributed by atoms with E-state index in [9.17, 15) is 4.79 Å². The molecule has 2 rings (SSSR count). The van der Waals surface area contributed by atoms with E-state index in [0.29, 0.717) is 17.2 Å². The van der Waals surface area contributed by atoms with E-state index in [0.717, 1.165) is 24.9 Å². The fourth-order valence-electron chi connectivity index (χ4n) is 1.64. The van der Waals surface area contributed by atoms with Crippen molar-refractivity contribution in [3.05, 3.63) is 34.3 Å². The molecule has 0 aliphatic carbocycles. The summed E-state index contributed by atoms with van der Waals surface area (Å²) in [4.78, 5) is 10.5. The molecule has 0 aromatic heterocycles. The van der Waals surface area contributed by atoms with Gasteiger partial charge in [-0.15, -0.1) is 0 Å². The minimum absolute atomic E-state index is 0.00745. The van der Waals surface area contributed by atoms with E-state index in [-0.39, 0.29) is 6.10 Å². The van der Waals surface area contributed by atoms with Crippen molar-refractivity contribution in [1.82, 2.24) is 5.32 Å². The molecule has 1 unspecified atom stereocenters. The Bertz CT molecular complexity index is 362. The highest BCUT2D eigenvalue weighted by molar-refractivity contribution is 6.31. The number of halogens is 1. The minimum Gasteiger partial charge on any atom is -0.371 e. The van der Waals surface area contributed by atoms with Crippen molar-refractivity contribution in [1.29, 1.82) is 0 Å². The van der Waals surface area contributed by atoms with E-state index in [1.807, 2.05) is 6.07 Å². The third-order valence-corrected chi connectivity index (χ3v) is 2.76. The summed E-state index contributed by atoms with van der Waals surface area (Å²) in [6, 6.07) is 5.28. The van der Waals surface area contributed by atoms with Crippen LogP contribution in [0.25, 0.3) is 0 Å². The third-order valence-electron chi connectivity index (χ3n) is 2.44. The molecule has 0 saturated carbocycles. The summed E-state index contributed by atoms with van der Waals surface area (Å²) in [7, 11) is 0. The van der Waals surface area contributed by atoms with E-state index in [2.05, 4.69) is 5.32 Å². The lowest BCUT2D eigenvalue weighted by atomic mass is 10.1. The van der Waals surface area contributed by atoms with Gasteiger partial charge < -0.3 is 10.1 Å². The molecular weight excluding hydrogens is 214 g/mol. The number of ether oxygens (including phenoxy) is 1. The molecule has 0 spiro atoms. The number of aldehydes is 1. The topological polar surface area (TPSA) is 38.3 Å². The second-order valence-corrected chi connectivity index (χ2v) is 3.87. The number of benzene rings is 1. The van der Waals surface area contributed by atoms with Gasteiger partial charge in [-0.3, -0.25) is 4.79 Å². The second-order valence-electron chi connectivity index (χ2n) is 3.46. The average molecular weight is 226 g/mol. The molecule has 1 aromatic carbocycles. The SMILES string of the molecule is O=Cc1ccc(C2CNCCO2)c(Cl)c1. The predicted octanol–water partition coefficient (Wildman–Crippen LogP) is 1.81. The molecule has 80 valence electrons. The highest BCUT2D eigenvalue weighted by Gasteiger charge is 2.18. The zero-order chi connectivity index (χ0) is 10.7. The Morgan fingerprint density at radius 3 is 3.00 bits per heavy atom. The number of carbonyl (C=O) groups is 1. The van der Waals surface area contributed by atoms with E-state index in [1.165, 1.54) is 0 Å². The summed E-state index contributed by atoms with van der Waals surface area (Å²) in [6.45, 7) is 2.33. The Morgan fingerprint density at radius 2 is 2.40 bits per heavy atom. The van der Waals surface area contributed by atoms with Crippen LogP contribution in [0.3, 0.4) is 0 Å². The highest BCUT2D eigenvalue weighted by atomic mass is 35.5. The number of rotatable bonds is 2. The zero-order valence-electron chi connectivity index (χ0n) is 8.20. The van der Waals surface area contributed by atoms with Crippen LogP contribution < -0.4 is 5.32 Å². The largest absolute Gasteiger partial charge is 0.371 e. The van der Waals surface area contributed by atoms with Gasteiger partial charge in [-0.25, -0.2) is 0 Å². The molecule has 1 aliphatic rings. The number of hydrogen-bond acceptors (Lipinski definition) is 3. The van der Waals surface area contributed by atoms with Crippen LogP contribution in [-0.2, 0) is 4.74 Å². The zero-order valence-corrected chi connectivity index (χ0v) is 8.96. The van der Waals surface area contributed by atoms with Crippen molar-refractivity contribution >= 4 is 17.9 Å². The van der Waals surface area contributed by atoms with Crippen LogP contribution in [0.2, 0.25) is 5.02 Å². The van der Waals surface area contributed by atoms with Gasteiger partial charge in [0.25, 0.3) is 0 Å². The number of hydrogen-bond donors (Lipinski definition) is 1. The maximum absolute atomic E-state index is 10.5. The fraction of sp³-hybridized carbons (Fsp3) is 0.364. The van der Waals surface area contributed by atoms with Crippen molar-refractivity contribution in [3.63, 3.8) is 0 Å². The molecule has 3 nitrogen and oxygen atoms in total. The van der Waals surface area contributed by atoms with Crippen molar-refractivity contribution in [2.24, 2.45) is 0 Å². The predicted molar refractivity (Wildman–Crippen MR) is 58.4 cm³/mol. The summed E-state index contributed by atoms with van der Waals surface area (Å²) in [5.74, 6) is 0. The molecule has 1 heterocycles. The number of morpholine rings is 1. The summed E-state index contributed by atoms with van der Waals surface area (Å²) >= 11 is 6.07. The summed E-state index contributed by atoms with van der Waals surface area (Å²) in [5.41, 5.74) is 1.53. The van der Waals surface area contributed by atoms with Gasteiger partial charge in [0, 0.05) is 29.2 Å². The van der Waals surface area contributed by atoms with Gasteiger partial charge in [-0.1, -0.05) is 23.7 Å². The van der Waals surface area contributed by atoms with Crippen molar-refractivity contribution < 1.29 is 9.53 Å². The summed E-state index contributed by atoms with van der Waals surface area (Å²) in [6.07, 6.45) is 0.780. The molecule has 0 bridgehead atoms. The highest BCUT2D eigenvalue weighted by Crippen LogP contribution is 2.26. The van der Waals surface area contributed by atoms with Gasteiger partial charge in [0.15, 0.2) is 0 Å². The minimum atomic E-state index is -0.00745. The molecule has 1 aromatic rings. The molecule has 1 N–H and O–H groups in total. The Hall–Kier alpha value is -0.900. The van der Waals surface area contributed by atoms with Gasteiger partial charge in [0.1, 0.15) is 6.29 Å². The molecule has 0 amide bonds. The van der Waals surface area contributed by atoms with E-state index in [4.69, 9.17) is 16.3 Å². The van der Waals surface area contributed by atoms with Gasteiger partial charge >= 0.3 is 0 Å². The van der Waals surface area contributed by atoms with Crippen molar-refractivity contribution in [3.8, 4) is 0 Å². The van der Waals surface area contributed by atoms with Gasteiger partial charge in [-0.2, -0.15) is 0 Å². The Morgan fingerprint density at radius 1 is 1.53 bits per heavy atom. The molecule has 4 heteroatoms. The Labute approximate surface area is 93.4 Å². The Kier molecular flexibility index (Phi) is 3.36. The lowest BCUT2D eigenvalue weighted by molar-refractivity contribution is 0.0277. The van der Waals surface area contributed by atoms with E-state index >= 15 is 0 Å². The first-order chi connectivity index (χ1) is 7.31. The van der Waals surface area contributed by atoms with Crippen molar-refractivity contribution in [2.75, 3.05) is 19.7 Å². The molecule has 15 heavy (non-hydrogen) atoms. The number of nitrogens with one attached hydrogen (secondary N) is 1.